The van der Waals surface area contributed by atoms with Crippen LogP contribution in [0.15, 0.2) is 0 Å². The Morgan fingerprint density at radius 2 is 0.947 bits per heavy atom. The molecule has 0 radical (unpaired) electrons. The maximum absolute atomic E-state index is 13.9. The standard InChI is InChI=1S/C10H11F9/c1-4-7(13)5(2,11)8(14,15)6(3,12)9(16,17)10(7,18)19/h4H2,1-3H3. The van der Waals surface area contributed by atoms with Gasteiger partial charge in [0.05, 0.1) is 0 Å². The van der Waals surface area contributed by atoms with Crippen LogP contribution in [0.1, 0.15) is 27.2 Å². The van der Waals surface area contributed by atoms with E-state index in [1.807, 2.05) is 0 Å². The summed E-state index contributed by atoms with van der Waals surface area (Å²) in [7, 11) is 0. The van der Waals surface area contributed by atoms with Gasteiger partial charge in [0, 0.05) is 0 Å². The van der Waals surface area contributed by atoms with Crippen LogP contribution >= 0.6 is 0 Å². The highest BCUT2D eigenvalue weighted by molar-refractivity contribution is 5.29. The van der Waals surface area contributed by atoms with Crippen molar-refractivity contribution in [2.75, 3.05) is 0 Å². The van der Waals surface area contributed by atoms with Crippen molar-refractivity contribution in [2.45, 2.75) is 62.0 Å². The number of rotatable bonds is 1. The summed E-state index contributed by atoms with van der Waals surface area (Å²) in [5.74, 6) is -17.6. The van der Waals surface area contributed by atoms with Crippen LogP contribution in [0.5, 0.6) is 0 Å². The molecule has 0 bridgehead atoms. The maximum atomic E-state index is 13.9. The first-order chi connectivity index (χ1) is 8.06. The van der Waals surface area contributed by atoms with Gasteiger partial charge in [0.2, 0.25) is 17.0 Å². The lowest BCUT2D eigenvalue weighted by molar-refractivity contribution is -0.430. The summed E-state index contributed by atoms with van der Waals surface area (Å²) in [5, 5.41) is 0. The summed E-state index contributed by atoms with van der Waals surface area (Å²) < 4.78 is 122. The minimum absolute atomic E-state index is 0.336. The predicted octanol–water partition coefficient (Wildman–Crippen LogP) is 4.48. The smallest absolute Gasteiger partial charge is 0.234 e. The zero-order valence-corrected chi connectivity index (χ0v) is 10.1. The quantitative estimate of drug-likeness (QED) is 0.626. The molecule has 0 heterocycles. The lowest BCUT2D eigenvalue weighted by atomic mass is 9.61. The molecule has 9 heteroatoms. The minimum atomic E-state index is -6.07. The largest absolute Gasteiger partial charge is 0.352 e. The summed E-state index contributed by atoms with van der Waals surface area (Å²) in [6.45, 7) is -0.399. The molecule has 1 aliphatic rings. The lowest BCUT2D eigenvalue weighted by Crippen LogP contribution is -2.84. The van der Waals surface area contributed by atoms with E-state index in [1.54, 1.807) is 0 Å². The highest BCUT2D eigenvalue weighted by Crippen LogP contribution is 2.68. The Morgan fingerprint density at radius 3 is 1.26 bits per heavy atom. The van der Waals surface area contributed by atoms with Crippen LogP contribution in [-0.4, -0.2) is 34.8 Å². The Labute approximate surface area is 103 Å². The molecule has 3 atom stereocenters. The highest BCUT2D eigenvalue weighted by Gasteiger charge is 2.95. The molecule has 0 N–H and O–H groups in total. The number of hydrogen-bond acceptors (Lipinski definition) is 0. The first kappa shape index (κ1) is 16.4. The van der Waals surface area contributed by atoms with Crippen LogP contribution in [0, 0.1) is 0 Å². The van der Waals surface area contributed by atoms with Crippen LogP contribution in [0.2, 0.25) is 0 Å². The van der Waals surface area contributed by atoms with E-state index in [2.05, 4.69) is 0 Å². The molecule has 0 spiro atoms. The summed E-state index contributed by atoms with van der Waals surface area (Å²) >= 11 is 0. The molecule has 0 nitrogen and oxygen atoms in total. The molecule has 1 fully saturated rings. The van der Waals surface area contributed by atoms with Gasteiger partial charge in [-0.2, -0.15) is 26.3 Å². The first-order valence-corrected chi connectivity index (χ1v) is 5.26. The van der Waals surface area contributed by atoms with E-state index in [0.29, 0.717) is 6.92 Å². The third-order valence-corrected chi connectivity index (χ3v) is 3.89. The number of halogens is 9. The van der Waals surface area contributed by atoms with Gasteiger partial charge in [0.1, 0.15) is 0 Å². The molecule has 0 aliphatic heterocycles. The highest BCUT2D eigenvalue weighted by atomic mass is 19.3. The minimum Gasteiger partial charge on any atom is -0.234 e. The molecule has 0 aromatic heterocycles. The van der Waals surface area contributed by atoms with Crippen LogP contribution in [0.25, 0.3) is 0 Å². The number of hydrogen-bond donors (Lipinski definition) is 0. The molecular formula is C10H11F9. The summed E-state index contributed by atoms with van der Waals surface area (Å²) in [6, 6.07) is 0. The fourth-order valence-corrected chi connectivity index (χ4v) is 2.28. The molecule has 0 amide bonds. The molecule has 114 valence electrons. The van der Waals surface area contributed by atoms with E-state index < -0.39 is 48.1 Å². The molecular weight excluding hydrogens is 291 g/mol. The van der Waals surface area contributed by atoms with Gasteiger partial charge in [-0.1, -0.05) is 6.92 Å². The third kappa shape index (κ3) is 1.29. The van der Waals surface area contributed by atoms with Crippen LogP contribution < -0.4 is 0 Å². The van der Waals surface area contributed by atoms with Crippen LogP contribution in [-0.2, 0) is 0 Å². The van der Waals surface area contributed by atoms with E-state index in [1.165, 1.54) is 0 Å². The van der Waals surface area contributed by atoms with Gasteiger partial charge < -0.3 is 0 Å². The second-order valence-electron chi connectivity index (χ2n) is 4.88. The maximum Gasteiger partial charge on any atom is 0.352 e. The second kappa shape index (κ2) is 3.52. The van der Waals surface area contributed by atoms with Crippen molar-refractivity contribution >= 4 is 0 Å². The molecule has 1 saturated carbocycles. The van der Waals surface area contributed by atoms with E-state index >= 15 is 0 Å². The molecule has 3 unspecified atom stereocenters. The van der Waals surface area contributed by atoms with E-state index in [4.69, 9.17) is 0 Å². The Kier molecular flexibility index (Phi) is 3.04. The van der Waals surface area contributed by atoms with Gasteiger partial charge in [-0.15, -0.1) is 0 Å². The summed E-state index contributed by atoms with van der Waals surface area (Å²) in [5.41, 5.74) is -14.9. The van der Waals surface area contributed by atoms with E-state index in [-0.39, 0.29) is 6.92 Å². The third-order valence-electron chi connectivity index (χ3n) is 3.89. The van der Waals surface area contributed by atoms with Gasteiger partial charge in [-0.25, -0.2) is 13.2 Å². The van der Waals surface area contributed by atoms with Crippen molar-refractivity contribution in [1.82, 2.24) is 0 Å². The molecule has 19 heavy (non-hydrogen) atoms. The van der Waals surface area contributed by atoms with Crippen molar-refractivity contribution in [3.63, 3.8) is 0 Å². The van der Waals surface area contributed by atoms with Crippen LogP contribution in [0.4, 0.5) is 39.5 Å². The fraction of sp³-hybridized carbons (Fsp3) is 1.00. The fourth-order valence-electron chi connectivity index (χ4n) is 2.28. The average Bonchev–Trinajstić information content (AvgIpc) is 2.24. The van der Waals surface area contributed by atoms with Gasteiger partial charge in [-0.3, -0.25) is 0 Å². The average molecular weight is 302 g/mol. The SMILES string of the molecule is CCC1(F)C(C)(F)C(F)(F)C(C)(F)C(F)(F)C1(F)F. The molecule has 0 aromatic carbocycles. The summed E-state index contributed by atoms with van der Waals surface area (Å²) in [4.78, 5) is 0. The van der Waals surface area contributed by atoms with Gasteiger partial charge in [0.25, 0.3) is 0 Å². The monoisotopic (exact) mass is 302 g/mol. The van der Waals surface area contributed by atoms with Crippen molar-refractivity contribution in [2.24, 2.45) is 0 Å². The molecule has 1 rings (SSSR count). The van der Waals surface area contributed by atoms with Crippen molar-refractivity contribution in [3.8, 4) is 0 Å². The number of alkyl halides is 9. The Balaban J connectivity index is 3.76. The normalized spacial score (nSPS) is 48.0. The molecule has 1 aliphatic carbocycles. The van der Waals surface area contributed by atoms with Crippen molar-refractivity contribution in [3.05, 3.63) is 0 Å². The van der Waals surface area contributed by atoms with Crippen LogP contribution in [0.3, 0.4) is 0 Å². The van der Waals surface area contributed by atoms with Gasteiger partial charge >= 0.3 is 17.8 Å². The first-order valence-electron chi connectivity index (χ1n) is 5.26. The zero-order valence-electron chi connectivity index (χ0n) is 10.1. The Bertz CT molecular complexity index is 352. The van der Waals surface area contributed by atoms with Crippen molar-refractivity contribution in [1.29, 1.82) is 0 Å². The topological polar surface area (TPSA) is 0 Å². The molecule has 0 saturated heterocycles. The second-order valence-corrected chi connectivity index (χ2v) is 4.88. The predicted molar refractivity (Wildman–Crippen MR) is 48.0 cm³/mol. The van der Waals surface area contributed by atoms with E-state index in [0.717, 1.165) is 0 Å². The Morgan fingerprint density at radius 1 is 0.579 bits per heavy atom. The van der Waals surface area contributed by atoms with Crippen molar-refractivity contribution < 1.29 is 39.5 Å². The Hall–Kier alpha value is -0.630. The zero-order chi connectivity index (χ0) is 15.7. The van der Waals surface area contributed by atoms with E-state index in [9.17, 15) is 39.5 Å². The van der Waals surface area contributed by atoms with Gasteiger partial charge in [-0.05, 0) is 20.3 Å². The molecule has 0 aromatic rings. The lowest BCUT2D eigenvalue weighted by Gasteiger charge is -2.56. The summed E-state index contributed by atoms with van der Waals surface area (Å²) in [6.07, 6.45) is -1.67. The van der Waals surface area contributed by atoms with Gasteiger partial charge in [0.15, 0.2) is 0 Å².